The highest BCUT2D eigenvalue weighted by molar-refractivity contribution is 5.90. The minimum Gasteiger partial charge on any atom is -0.497 e. The fraction of sp³-hybridized carbons (Fsp3) is 0.250. The molecule has 0 radical (unpaired) electrons. The van der Waals surface area contributed by atoms with E-state index in [0.717, 1.165) is 11.1 Å². The molecule has 15 heavy (non-hydrogen) atoms. The van der Waals surface area contributed by atoms with Crippen LogP contribution < -0.4 is 0 Å². The second kappa shape index (κ2) is 4.64. The van der Waals surface area contributed by atoms with E-state index >= 15 is 0 Å². The number of carbonyl (C=O) groups is 1. The van der Waals surface area contributed by atoms with Crippen molar-refractivity contribution in [3.05, 3.63) is 41.5 Å². The van der Waals surface area contributed by atoms with Crippen molar-refractivity contribution in [3.8, 4) is 0 Å². The maximum atomic E-state index is 11.3. The third-order valence-electron chi connectivity index (χ3n) is 2.07. The highest BCUT2D eigenvalue weighted by Gasteiger charge is 2.08. The molecule has 1 aromatic carbocycles. The number of ether oxygens (including phenoxy) is 2. The minimum absolute atomic E-state index is 0.358. The van der Waals surface area contributed by atoms with E-state index in [1.807, 2.05) is 13.0 Å². The van der Waals surface area contributed by atoms with Crippen molar-refractivity contribution in [2.24, 2.45) is 0 Å². The third-order valence-corrected chi connectivity index (χ3v) is 2.07. The highest BCUT2D eigenvalue weighted by Crippen LogP contribution is 2.17. The molecular weight excluding hydrogens is 192 g/mol. The van der Waals surface area contributed by atoms with E-state index in [-0.39, 0.29) is 5.97 Å². The molecule has 0 atom stereocenters. The largest absolute Gasteiger partial charge is 0.497 e. The molecule has 0 unspecified atom stereocenters. The van der Waals surface area contributed by atoms with Crippen molar-refractivity contribution < 1.29 is 14.3 Å². The number of aryl methyl sites for hydroxylation is 1. The standard InChI is InChI=1S/C12H14O3/c1-8-5-10(9(2)14-3)7-11(6-8)12(13)15-4/h5-7H,2H2,1,3-4H3. The second-order valence-corrected chi connectivity index (χ2v) is 3.21. The van der Waals surface area contributed by atoms with Gasteiger partial charge in [0.1, 0.15) is 5.76 Å². The van der Waals surface area contributed by atoms with Gasteiger partial charge in [-0.15, -0.1) is 0 Å². The number of benzene rings is 1. The lowest BCUT2D eigenvalue weighted by atomic mass is 10.1. The molecular formula is C12H14O3. The molecule has 0 aliphatic carbocycles. The first-order valence-electron chi connectivity index (χ1n) is 4.51. The molecule has 80 valence electrons. The van der Waals surface area contributed by atoms with Crippen LogP contribution in [0.15, 0.2) is 24.8 Å². The summed E-state index contributed by atoms with van der Waals surface area (Å²) < 4.78 is 9.66. The van der Waals surface area contributed by atoms with E-state index in [1.54, 1.807) is 19.2 Å². The van der Waals surface area contributed by atoms with E-state index in [4.69, 9.17) is 4.74 Å². The predicted octanol–water partition coefficient (Wildman–Crippen LogP) is 2.40. The van der Waals surface area contributed by atoms with Crippen molar-refractivity contribution in [1.29, 1.82) is 0 Å². The maximum Gasteiger partial charge on any atom is 0.337 e. The Morgan fingerprint density at radius 1 is 1.13 bits per heavy atom. The zero-order valence-corrected chi connectivity index (χ0v) is 9.16. The SMILES string of the molecule is C=C(OC)c1cc(C)cc(C(=O)OC)c1. The molecule has 0 aliphatic heterocycles. The van der Waals surface area contributed by atoms with Crippen LogP contribution in [0.1, 0.15) is 21.5 Å². The van der Waals surface area contributed by atoms with E-state index < -0.39 is 0 Å². The monoisotopic (exact) mass is 206 g/mol. The Hall–Kier alpha value is -1.77. The summed E-state index contributed by atoms with van der Waals surface area (Å²) in [7, 11) is 2.90. The van der Waals surface area contributed by atoms with E-state index in [9.17, 15) is 4.79 Å². The van der Waals surface area contributed by atoms with Crippen molar-refractivity contribution in [3.63, 3.8) is 0 Å². The first-order valence-corrected chi connectivity index (χ1v) is 4.51. The third kappa shape index (κ3) is 2.59. The quantitative estimate of drug-likeness (QED) is 0.562. The molecule has 1 rings (SSSR count). The molecule has 0 amide bonds. The van der Waals surface area contributed by atoms with E-state index in [1.165, 1.54) is 7.11 Å². The van der Waals surface area contributed by atoms with Gasteiger partial charge in [-0.3, -0.25) is 0 Å². The van der Waals surface area contributed by atoms with Crippen LogP contribution >= 0.6 is 0 Å². The lowest BCUT2D eigenvalue weighted by Gasteiger charge is -2.07. The fourth-order valence-corrected chi connectivity index (χ4v) is 1.30. The van der Waals surface area contributed by atoms with Crippen molar-refractivity contribution >= 4 is 11.7 Å². The van der Waals surface area contributed by atoms with Gasteiger partial charge in [0.25, 0.3) is 0 Å². The summed E-state index contributed by atoms with van der Waals surface area (Å²) in [5, 5.41) is 0. The number of esters is 1. The number of rotatable bonds is 3. The topological polar surface area (TPSA) is 35.5 Å². The molecule has 3 nitrogen and oxygen atoms in total. The highest BCUT2D eigenvalue weighted by atomic mass is 16.5. The molecule has 0 aromatic heterocycles. The summed E-state index contributed by atoms with van der Waals surface area (Å²) in [4.78, 5) is 11.3. The number of hydrogen-bond acceptors (Lipinski definition) is 3. The van der Waals surface area contributed by atoms with Crippen LogP contribution in [0.5, 0.6) is 0 Å². The molecule has 0 spiro atoms. The van der Waals surface area contributed by atoms with Crippen molar-refractivity contribution in [1.82, 2.24) is 0 Å². The van der Waals surface area contributed by atoms with E-state index in [2.05, 4.69) is 11.3 Å². The van der Waals surface area contributed by atoms with Crippen LogP contribution in [-0.4, -0.2) is 20.2 Å². The summed E-state index contributed by atoms with van der Waals surface area (Å²) >= 11 is 0. The number of methoxy groups -OCH3 is 2. The van der Waals surface area contributed by atoms with Gasteiger partial charge in [-0.1, -0.05) is 6.58 Å². The average molecular weight is 206 g/mol. The summed E-state index contributed by atoms with van der Waals surface area (Å²) in [5.74, 6) is 0.174. The molecule has 0 N–H and O–H groups in total. The van der Waals surface area contributed by atoms with Crippen molar-refractivity contribution in [2.45, 2.75) is 6.92 Å². The summed E-state index contributed by atoms with van der Waals surface area (Å²) in [5.41, 5.74) is 2.26. The Morgan fingerprint density at radius 3 is 2.27 bits per heavy atom. The van der Waals surface area contributed by atoms with Crippen molar-refractivity contribution in [2.75, 3.05) is 14.2 Å². The van der Waals surface area contributed by atoms with Crippen LogP contribution in [0.2, 0.25) is 0 Å². The van der Waals surface area contributed by atoms with Crippen LogP contribution in [0.25, 0.3) is 5.76 Å². The summed E-state index contributed by atoms with van der Waals surface area (Å²) in [6.45, 7) is 5.64. The smallest absolute Gasteiger partial charge is 0.337 e. The average Bonchev–Trinajstić information content (AvgIpc) is 2.26. The van der Waals surface area contributed by atoms with Gasteiger partial charge in [0.15, 0.2) is 0 Å². The summed E-state index contributed by atoms with van der Waals surface area (Å²) in [6.07, 6.45) is 0. The molecule has 0 fully saturated rings. The van der Waals surface area contributed by atoms with Crippen LogP contribution in [0.4, 0.5) is 0 Å². The molecule has 3 heteroatoms. The molecule has 0 bridgehead atoms. The predicted molar refractivity (Wildman–Crippen MR) is 58.6 cm³/mol. The van der Waals surface area contributed by atoms with Gasteiger partial charge in [0.05, 0.1) is 19.8 Å². The molecule has 0 saturated heterocycles. The van der Waals surface area contributed by atoms with Crippen LogP contribution in [0, 0.1) is 6.92 Å². The Balaban J connectivity index is 3.16. The normalized spacial score (nSPS) is 9.53. The number of hydrogen-bond donors (Lipinski definition) is 0. The van der Waals surface area contributed by atoms with Gasteiger partial charge in [-0.2, -0.15) is 0 Å². The fourth-order valence-electron chi connectivity index (χ4n) is 1.30. The Labute approximate surface area is 89.3 Å². The zero-order chi connectivity index (χ0) is 11.4. The molecule has 0 saturated carbocycles. The summed E-state index contributed by atoms with van der Waals surface area (Å²) in [6, 6.07) is 5.36. The van der Waals surface area contributed by atoms with Gasteiger partial charge < -0.3 is 9.47 Å². The second-order valence-electron chi connectivity index (χ2n) is 3.21. The molecule has 0 heterocycles. The maximum absolute atomic E-state index is 11.3. The van der Waals surface area contributed by atoms with Gasteiger partial charge in [-0.25, -0.2) is 4.79 Å². The van der Waals surface area contributed by atoms with Gasteiger partial charge >= 0.3 is 5.97 Å². The van der Waals surface area contributed by atoms with Crippen LogP contribution in [-0.2, 0) is 9.47 Å². The van der Waals surface area contributed by atoms with Crippen LogP contribution in [0.3, 0.4) is 0 Å². The first-order chi connectivity index (χ1) is 7.08. The zero-order valence-electron chi connectivity index (χ0n) is 9.16. The first kappa shape index (κ1) is 11.3. The lowest BCUT2D eigenvalue weighted by Crippen LogP contribution is -2.02. The molecule has 0 aliphatic rings. The lowest BCUT2D eigenvalue weighted by molar-refractivity contribution is 0.0600. The number of carbonyl (C=O) groups excluding carboxylic acids is 1. The van der Waals surface area contributed by atoms with E-state index in [0.29, 0.717) is 11.3 Å². The molecule has 1 aromatic rings. The minimum atomic E-state index is -0.358. The van der Waals surface area contributed by atoms with Gasteiger partial charge in [0.2, 0.25) is 0 Å². The van der Waals surface area contributed by atoms with Gasteiger partial charge in [-0.05, 0) is 30.7 Å². The Bertz CT molecular complexity index is 360. The van der Waals surface area contributed by atoms with Gasteiger partial charge in [0, 0.05) is 5.56 Å². The Morgan fingerprint density at radius 2 is 1.73 bits per heavy atom. The Kier molecular flexibility index (Phi) is 3.50.